The maximum Gasteiger partial charge on any atom is 0.333 e. The molecule has 3 rings (SSSR count). The molecule has 1 N–H and O–H groups in total. The third-order valence-corrected chi connectivity index (χ3v) is 3.10. The van der Waals surface area contributed by atoms with Gasteiger partial charge in [-0.05, 0) is 6.07 Å². The van der Waals surface area contributed by atoms with Gasteiger partial charge in [-0.25, -0.2) is 15.0 Å². The lowest BCUT2D eigenvalue weighted by Crippen LogP contribution is -2.35. The Kier molecular flexibility index (Phi) is 3.49. The summed E-state index contributed by atoms with van der Waals surface area (Å²) in [5.41, 5.74) is 1.45. The molecule has 0 saturated heterocycles. The van der Waals surface area contributed by atoms with Crippen molar-refractivity contribution < 1.29 is 9.30 Å². The molecule has 0 saturated carbocycles. The number of aromatic amines is 1. The number of aromatic nitrogens is 6. The summed E-state index contributed by atoms with van der Waals surface area (Å²) in [6.07, 6.45) is 4.76. The quantitative estimate of drug-likeness (QED) is 0.742. The Morgan fingerprint density at radius 1 is 1.14 bits per heavy atom. The predicted molar refractivity (Wildman–Crippen MR) is 75.2 cm³/mol. The molecule has 8 heteroatoms. The van der Waals surface area contributed by atoms with Crippen molar-refractivity contribution in [3.05, 3.63) is 41.7 Å². The van der Waals surface area contributed by atoms with Crippen LogP contribution in [0.3, 0.4) is 0 Å². The first-order valence-corrected chi connectivity index (χ1v) is 6.52. The minimum absolute atomic E-state index is 0.337. The van der Waals surface area contributed by atoms with Gasteiger partial charge in [0, 0.05) is 18.1 Å². The van der Waals surface area contributed by atoms with Gasteiger partial charge in [0.2, 0.25) is 11.7 Å². The average Bonchev–Trinajstić information content (AvgIpc) is 2.90. The van der Waals surface area contributed by atoms with Crippen LogP contribution in [0.25, 0.3) is 17.2 Å². The van der Waals surface area contributed by atoms with E-state index >= 15 is 0 Å². The number of nitrogens with zero attached hydrogens (tertiary/aromatic N) is 5. The van der Waals surface area contributed by atoms with Crippen LogP contribution in [-0.2, 0) is 0 Å². The van der Waals surface area contributed by atoms with Crippen LogP contribution in [-0.4, -0.2) is 32.3 Å². The van der Waals surface area contributed by atoms with Crippen molar-refractivity contribution in [3.8, 4) is 23.1 Å². The number of nitrogens with one attached hydrogen (secondary N) is 1. The summed E-state index contributed by atoms with van der Waals surface area (Å²) in [5.74, 6) is 2.02. The Hall–Kier alpha value is -2.54. The van der Waals surface area contributed by atoms with E-state index < -0.39 is 0 Å². The lowest BCUT2D eigenvalue weighted by Gasteiger charge is -2.03. The molecule has 0 aliphatic rings. The number of pyridine rings is 1. The summed E-state index contributed by atoms with van der Waals surface area (Å²) in [6.45, 7) is 1.91. The van der Waals surface area contributed by atoms with Gasteiger partial charge in [-0.3, -0.25) is 0 Å². The maximum atomic E-state index is 5.76. The average molecular weight is 304 g/mol. The number of ether oxygens (including phenoxy) is 1. The molecule has 0 unspecified atom stereocenters. The van der Waals surface area contributed by atoms with Crippen molar-refractivity contribution in [3.63, 3.8) is 0 Å². The van der Waals surface area contributed by atoms with Crippen molar-refractivity contribution in [2.75, 3.05) is 7.11 Å². The number of aryl methyl sites for hydroxylation is 1. The highest BCUT2D eigenvalue weighted by atomic mass is 35.5. The van der Waals surface area contributed by atoms with Gasteiger partial charge >= 0.3 is 5.82 Å². The highest BCUT2D eigenvalue weighted by molar-refractivity contribution is 6.29. The normalized spacial score (nSPS) is 10.6. The third-order valence-electron chi connectivity index (χ3n) is 2.91. The van der Waals surface area contributed by atoms with E-state index in [0.717, 1.165) is 11.5 Å². The summed E-state index contributed by atoms with van der Waals surface area (Å²) < 4.78 is 6.96. The van der Waals surface area contributed by atoms with Crippen LogP contribution < -0.4 is 9.30 Å². The second-order valence-electron chi connectivity index (χ2n) is 4.25. The van der Waals surface area contributed by atoms with Gasteiger partial charge in [0.05, 0.1) is 25.7 Å². The third kappa shape index (κ3) is 2.55. The standard InChI is InChI=1S/C13H11ClN6O/c1-8-18-19-13(10-6-16-11(14)7-15-10)20(8)9-3-4-12(21-2)17-5-9/h3-7H,1-2H3/p+1. The fraction of sp³-hybridized carbons (Fsp3) is 0.154. The first kappa shape index (κ1) is 13.4. The Labute approximate surface area is 125 Å². The van der Waals surface area contributed by atoms with Crippen LogP contribution in [0.1, 0.15) is 5.82 Å². The molecule has 3 aromatic rings. The van der Waals surface area contributed by atoms with E-state index in [9.17, 15) is 0 Å². The molecule has 3 heterocycles. The molecule has 0 aliphatic heterocycles. The van der Waals surface area contributed by atoms with Crippen molar-refractivity contribution in [1.29, 1.82) is 0 Å². The minimum atomic E-state index is 0.337. The zero-order valence-electron chi connectivity index (χ0n) is 11.4. The molecular formula is C13H12ClN6O+. The Morgan fingerprint density at radius 3 is 2.62 bits per heavy atom. The van der Waals surface area contributed by atoms with E-state index in [0.29, 0.717) is 22.6 Å². The Morgan fingerprint density at radius 2 is 2.00 bits per heavy atom. The highest BCUT2D eigenvalue weighted by Gasteiger charge is 2.22. The maximum absolute atomic E-state index is 5.76. The molecule has 0 radical (unpaired) electrons. The Bertz CT molecular complexity index is 753. The number of rotatable bonds is 3. The summed E-state index contributed by atoms with van der Waals surface area (Å²) >= 11 is 5.76. The lowest BCUT2D eigenvalue weighted by atomic mass is 10.3. The smallest absolute Gasteiger partial charge is 0.333 e. The molecule has 21 heavy (non-hydrogen) atoms. The summed E-state index contributed by atoms with van der Waals surface area (Å²) in [6, 6.07) is 3.67. The Balaban J connectivity index is 2.09. The molecule has 106 valence electrons. The number of hydrogen-bond donors (Lipinski definition) is 1. The topological polar surface area (TPSA) is 80.5 Å². The summed E-state index contributed by atoms with van der Waals surface area (Å²) in [7, 11) is 1.58. The van der Waals surface area contributed by atoms with E-state index in [-0.39, 0.29) is 0 Å². The number of halogens is 1. The molecule has 0 aliphatic carbocycles. The van der Waals surface area contributed by atoms with Gasteiger partial charge in [0.25, 0.3) is 0 Å². The van der Waals surface area contributed by atoms with E-state index in [1.165, 1.54) is 6.20 Å². The van der Waals surface area contributed by atoms with Crippen molar-refractivity contribution >= 4 is 11.6 Å². The molecular weight excluding hydrogens is 292 g/mol. The van der Waals surface area contributed by atoms with Crippen LogP contribution in [0.4, 0.5) is 0 Å². The number of hydrogen-bond acceptors (Lipinski definition) is 5. The lowest BCUT2D eigenvalue weighted by molar-refractivity contribution is -0.591. The van der Waals surface area contributed by atoms with Gasteiger partial charge in [0.1, 0.15) is 10.8 Å². The molecule has 0 amide bonds. The zero-order chi connectivity index (χ0) is 14.8. The monoisotopic (exact) mass is 303 g/mol. The molecule has 0 bridgehead atoms. The van der Waals surface area contributed by atoms with Gasteiger partial charge < -0.3 is 4.74 Å². The van der Waals surface area contributed by atoms with Crippen LogP contribution in [0.5, 0.6) is 5.88 Å². The van der Waals surface area contributed by atoms with Crippen LogP contribution in [0.15, 0.2) is 30.7 Å². The zero-order valence-corrected chi connectivity index (χ0v) is 12.2. The molecule has 0 atom stereocenters. The molecule has 7 nitrogen and oxygen atoms in total. The molecule has 0 fully saturated rings. The van der Waals surface area contributed by atoms with E-state index in [2.05, 4.69) is 25.1 Å². The van der Waals surface area contributed by atoms with Crippen molar-refractivity contribution in [1.82, 2.24) is 25.1 Å². The number of methoxy groups -OCH3 is 1. The van der Waals surface area contributed by atoms with Crippen LogP contribution in [0, 0.1) is 6.92 Å². The highest BCUT2D eigenvalue weighted by Crippen LogP contribution is 2.14. The van der Waals surface area contributed by atoms with Crippen LogP contribution in [0.2, 0.25) is 5.15 Å². The van der Waals surface area contributed by atoms with Gasteiger partial charge in [-0.2, -0.15) is 4.57 Å². The molecule has 3 aromatic heterocycles. The molecule has 0 spiro atoms. The SMILES string of the molecule is COc1ccc(-[n+]2c(-c3cnc(Cl)cn3)n[nH]c2C)cn1. The second-order valence-corrected chi connectivity index (χ2v) is 4.64. The van der Waals surface area contributed by atoms with Crippen molar-refractivity contribution in [2.45, 2.75) is 6.92 Å². The van der Waals surface area contributed by atoms with E-state index in [1.54, 1.807) is 25.6 Å². The minimum Gasteiger partial charge on any atom is -0.481 e. The van der Waals surface area contributed by atoms with Gasteiger partial charge in [0.15, 0.2) is 5.69 Å². The van der Waals surface area contributed by atoms with Crippen LogP contribution >= 0.6 is 11.6 Å². The van der Waals surface area contributed by atoms with Crippen molar-refractivity contribution in [2.24, 2.45) is 0 Å². The van der Waals surface area contributed by atoms with E-state index in [4.69, 9.17) is 16.3 Å². The second kappa shape index (κ2) is 5.45. The van der Waals surface area contributed by atoms with Gasteiger partial charge in [-0.15, -0.1) is 5.10 Å². The van der Waals surface area contributed by atoms with Gasteiger partial charge in [-0.1, -0.05) is 11.6 Å². The number of H-pyrrole nitrogens is 1. The van der Waals surface area contributed by atoms with E-state index in [1.807, 2.05) is 17.6 Å². The summed E-state index contributed by atoms with van der Waals surface area (Å²) in [4.78, 5) is 12.5. The summed E-state index contributed by atoms with van der Waals surface area (Å²) in [5, 5.41) is 7.54. The predicted octanol–water partition coefficient (Wildman–Crippen LogP) is 1.51. The molecule has 0 aromatic carbocycles. The first-order chi connectivity index (χ1) is 10.2. The fourth-order valence-electron chi connectivity index (χ4n) is 1.93. The largest absolute Gasteiger partial charge is 0.481 e. The first-order valence-electron chi connectivity index (χ1n) is 6.14. The fourth-order valence-corrected chi connectivity index (χ4v) is 2.03.